The molecule has 3 N–H and O–H groups in total. The minimum absolute atomic E-state index is 0. The van der Waals surface area contributed by atoms with Gasteiger partial charge in [0.2, 0.25) is 5.91 Å². The van der Waals surface area contributed by atoms with E-state index in [0.717, 1.165) is 42.8 Å². The number of benzene rings is 2. The largest absolute Gasteiger partial charge is 0.376 e. The van der Waals surface area contributed by atoms with E-state index in [-0.39, 0.29) is 37.5 Å². The Balaban J connectivity index is 0.00000705. The number of ether oxygens (including phenoxy) is 1. The molecule has 3 rings (SSSR count). The van der Waals surface area contributed by atoms with Crippen molar-refractivity contribution in [2.24, 2.45) is 11.8 Å². The first kappa shape index (κ1) is 38.2. The van der Waals surface area contributed by atoms with Crippen LogP contribution >= 0.6 is 23.2 Å². The zero-order valence-corrected chi connectivity index (χ0v) is 27.4. The third-order valence-corrected chi connectivity index (χ3v) is 7.64. The molecule has 0 bridgehead atoms. The van der Waals surface area contributed by atoms with Crippen molar-refractivity contribution in [1.29, 1.82) is 0 Å². The third-order valence-electron chi connectivity index (χ3n) is 7.21. The Kier molecular flexibility index (Phi) is 18.4. The molecule has 45 heavy (non-hydrogen) atoms. The minimum atomic E-state index is -0.324. The van der Waals surface area contributed by atoms with Crippen LogP contribution in [-0.2, 0) is 20.9 Å². The van der Waals surface area contributed by atoms with Gasteiger partial charge < -0.3 is 20.7 Å². The number of pyridine rings is 1. The van der Waals surface area contributed by atoms with Crippen molar-refractivity contribution in [3.05, 3.63) is 94.1 Å². The number of hydrogen-bond acceptors (Lipinski definition) is 6. The van der Waals surface area contributed by atoms with Gasteiger partial charge in [-0.25, -0.2) is 4.98 Å². The Morgan fingerprint density at radius 3 is 2.33 bits per heavy atom. The molecule has 7 nitrogen and oxygen atoms in total. The monoisotopic (exact) mass is 656 g/mol. The van der Waals surface area contributed by atoms with Gasteiger partial charge in [0.15, 0.2) is 0 Å². The van der Waals surface area contributed by atoms with E-state index in [2.05, 4.69) is 34.8 Å². The smallest absolute Gasteiger partial charge is 0.221 e. The van der Waals surface area contributed by atoms with Crippen LogP contribution in [0.1, 0.15) is 77.0 Å². The molecule has 0 aliphatic rings. The SMILES string of the molecule is C.CC(C)CCNC(=O)CC(NCC(COCc1ccccc1)CC(=O)CCCCNc1ccccn1)c1cc(Cl)cc(Cl)c1. The zero-order valence-electron chi connectivity index (χ0n) is 25.9. The van der Waals surface area contributed by atoms with Gasteiger partial charge in [-0.3, -0.25) is 9.59 Å². The van der Waals surface area contributed by atoms with Gasteiger partial charge in [-0.05, 0) is 66.6 Å². The van der Waals surface area contributed by atoms with Crippen LogP contribution in [0.15, 0.2) is 72.9 Å². The summed E-state index contributed by atoms with van der Waals surface area (Å²) in [4.78, 5) is 30.2. The molecule has 9 heteroatoms. The summed E-state index contributed by atoms with van der Waals surface area (Å²) >= 11 is 12.7. The van der Waals surface area contributed by atoms with Gasteiger partial charge >= 0.3 is 0 Å². The van der Waals surface area contributed by atoms with E-state index in [4.69, 9.17) is 27.9 Å². The molecule has 2 atom stereocenters. The van der Waals surface area contributed by atoms with Gasteiger partial charge in [-0.2, -0.15) is 0 Å². The molecule has 2 aromatic carbocycles. The molecule has 0 spiro atoms. The van der Waals surface area contributed by atoms with Crippen LogP contribution < -0.4 is 16.0 Å². The molecule has 1 amide bonds. The Labute approximate surface area is 279 Å². The van der Waals surface area contributed by atoms with Gasteiger partial charge in [0.1, 0.15) is 11.6 Å². The molecule has 246 valence electrons. The first-order valence-electron chi connectivity index (χ1n) is 15.5. The summed E-state index contributed by atoms with van der Waals surface area (Å²) in [6.45, 7) is 7.03. The summed E-state index contributed by atoms with van der Waals surface area (Å²) in [5.74, 6) is 1.42. The molecule has 0 radical (unpaired) electrons. The van der Waals surface area contributed by atoms with Gasteiger partial charge in [0.05, 0.1) is 13.2 Å². The number of ketones is 1. The molecule has 0 fully saturated rings. The summed E-state index contributed by atoms with van der Waals surface area (Å²) in [6.07, 6.45) is 5.45. The second-order valence-electron chi connectivity index (χ2n) is 11.6. The molecule has 0 aliphatic carbocycles. The summed E-state index contributed by atoms with van der Waals surface area (Å²) in [6, 6.07) is 20.8. The average molecular weight is 658 g/mol. The van der Waals surface area contributed by atoms with Crippen molar-refractivity contribution in [1.82, 2.24) is 15.6 Å². The average Bonchev–Trinajstić information content (AvgIpc) is 2.99. The number of halogens is 2. The Bertz CT molecular complexity index is 1240. The van der Waals surface area contributed by atoms with E-state index in [0.29, 0.717) is 55.1 Å². The van der Waals surface area contributed by atoms with E-state index in [1.165, 1.54) is 0 Å². The topological polar surface area (TPSA) is 92.4 Å². The normalized spacial score (nSPS) is 12.3. The van der Waals surface area contributed by atoms with Gasteiger partial charge in [0.25, 0.3) is 0 Å². The first-order chi connectivity index (χ1) is 21.3. The maximum Gasteiger partial charge on any atom is 0.221 e. The Hall–Kier alpha value is -2.97. The summed E-state index contributed by atoms with van der Waals surface area (Å²) in [5, 5.41) is 10.9. The van der Waals surface area contributed by atoms with Gasteiger partial charge in [-0.1, -0.05) is 80.9 Å². The van der Waals surface area contributed by atoms with E-state index >= 15 is 0 Å². The summed E-state index contributed by atoms with van der Waals surface area (Å²) < 4.78 is 6.08. The molecule has 0 aliphatic heterocycles. The summed E-state index contributed by atoms with van der Waals surface area (Å²) in [7, 11) is 0. The highest BCUT2D eigenvalue weighted by Gasteiger charge is 2.21. The number of carbonyl (C=O) groups is 2. The van der Waals surface area contributed by atoms with Crippen molar-refractivity contribution in [2.75, 3.05) is 31.6 Å². The molecular formula is C36H50Cl2N4O3. The number of anilines is 1. The minimum Gasteiger partial charge on any atom is -0.376 e. The van der Waals surface area contributed by atoms with E-state index in [1.54, 1.807) is 12.3 Å². The molecule has 0 saturated heterocycles. The number of nitrogens with zero attached hydrogens (tertiary/aromatic N) is 1. The summed E-state index contributed by atoms with van der Waals surface area (Å²) in [5.41, 5.74) is 1.91. The number of hydrogen-bond donors (Lipinski definition) is 3. The lowest BCUT2D eigenvalue weighted by Crippen LogP contribution is -2.35. The highest BCUT2D eigenvalue weighted by molar-refractivity contribution is 6.34. The van der Waals surface area contributed by atoms with Crippen molar-refractivity contribution >= 4 is 40.7 Å². The van der Waals surface area contributed by atoms with E-state index in [1.807, 2.05) is 60.7 Å². The highest BCUT2D eigenvalue weighted by Crippen LogP contribution is 2.26. The second-order valence-corrected chi connectivity index (χ2v) is 12.5. The number of nitrogens with one attached hydrogen (secondary N) is 3. The maximum absolute atomic E-state index is 13.1. The lowest BCUT2D eigenvalue weighted by atomic mass is 9.98. The number of unbranched alkanes of at least 4 members (excludes halogenated alkanes) is 1. The third kappa shape index (κ3) is 16.2. The Morgan fingerprint density at radius 1 is 0.911 bits per heavy atom. The Morgan fingerprint density at radius 2 is 1.64 bits per heavy atom. The second kappa shape index (κ2) is 21.7. The molecule has 3 aromatic rings. The lowest BCUT2D eigenvalue weighted by Gasteiger charge is -2.24. The molecule has 1 heterocycles. The van der Waals surface area contributed by atoms with Crippen molar-refractivity contribution in [2.45, 2.75) is 72.4 Å². The number of aromatic nitrogens is 1. The van der Waals surface area contributed by atoms with Crippen LogP contribution in [0.5, 0.6) is 0 Å². The predicted octanol–water partition coefficient (Wildman–Crippen LogP) is 8.28. The van der Waals surface area contributed by atoms with Crippen molar-refractivity contribution in [3.63, 3.8) is 0 Å². The molecular weight excluding hydrogens is 607 g/mol. The van der Waals surface area contributed by atoms with Crippen LogP contribution in [0.2, 0.25) is 10.0 Å². The van der Waals surface area contributed by atoms with E-state index in [9.17, 15) is 9.59 Å². The quantitative estimate of drug-likeness (QED) is 0.0999. The van der Waals surface area contributed by atoms with Crippen molar-refractivity contribution < 1.29 is 14.3 Å². The van der Waals surface area contributed by atoms with Crippen molar-refractivity contribution in [3.8, 4) is 0 Å². The lowest BCUT2D eigenvalue weighted by molar-refractivity contribution is -0.122. The van der Waals surface area contributed by atoms with Crippen LogP contribution in [-0.4, -0.2) is 42.9 Å². The fourth-order valence-corrected chi connectivity index (χ4v) is 5.36. The van der Waals surface area contributed by atoms with Crippen LogP contribution in [0.4, 0.5) is 5.82 Å². The van der Waals surface area contributed by atoms with Crippen LogP contribution in [0, 0.1) is 11.8 Å². The van der Waals surface area contributed by atoms with Gasteiger partial charge in [0, 0.05) is 67.1 Å². The molecule has 2 unspecified atom stereocenters. The zero-order chi connectivity index (χ0) is 31.6. The standard InChI is InChI=1S/C35H46Cl2N4O3.CH4/c1-26(2)14-17-40-35(43)22-33(29-19-30(36)21-31(37)20-29)41-23-28(25-44-24-27-10-4-3-5-11-27)18-32(42)12-6-8-15-38-34-13-7-9-16-39-34;/h3-5,7,9-11,13,16,19-21,26,28,33,41H,6,8,12,14-15,17-18,22-25H2,1-2H3,(H,38,39)(H,40,43);1H4. The maximum atomic E-state index is 13.1. The number of rotatable bonds is 21. The first-order valence-corrected chi connectivity index (χ1v) is 16.3. The highest BCUT2D eigenvalue weighted by atomic mass is 35.5. The van der Waals surface area contributed by atoms with E-state index < -0.39 is 0 Å². The van der Waals surface area contributed by atoms with Crippen LogP contribution in [0.25, 0.3) is 0 Å². The number of carbonyl (C=O) groups excluding carboxylic acids is 2. The number of Topliss-reactive ketones (excluding diaryl/α,β-unsaturated/α-hetero) is 1. The predicted molar refractivity (Wildman–Crippen MR) is 187 cm³/mol. The fourth-order valence-electron chi connectivity index (χ4n) is 4.81. The van der Waals surface area contributed by atoms with Crippen LogP contribution in [0.3, 0.4) is 0 Å². The fraction of sp³-hybridized carbons (Fsp3) is 0.472. The molecule has 0 saturated carbocycles. The van der Waals surface area contributed by atoms with Gasteiger partial charge in [-0.15, -0.1) is 0 Å². The molecule has 1 aromatic heterocycles. The number of amides is 1.